The minimum absolute atomic E-state index is 0.293. The van der Waals surface area contributed by atoms with Crippen molar-refractivity contribution in [2.45, 2.75) is 13.5 Å². The lowest BCUT2D eigenvalue weighted by molar-refractivity contribution is -0.113. The van der Waals surface area contributed by atoms with Crippen molar-refractivity contribution >= 4 is 61.5 Å². The van der Waals surface area contributed by atoms with Crippen LogP contribution in [0.1, 0.15) is 11.1 Å². The number of aromatic nitrogens is 1. The maximum Gasteiger partial charge on any atom is 0.298 e. The van der Waals surface area contributed by atoms with Crippen LogP contribution in [0.25, 0.3) is 17.0 Å². The molecule has 4 aromatic rings. The average molecular weight is 533 g/mol. The molecule has 1 aromatic heterocycles. The molecule has 2 amide bonds. The smallest absolute Gasteiger partial charge is 0.298 e. The normalized spacial score (nSPS) is 15.0. The third-order valence-corrected chi connectivity index (χ3v) is 7.01. The van der Waals surface area contributed by atoms with Crippen LogP contribution < -0.4 is 9.64 Å². The van der Waals surface area contributed by atoms with E-state index in [1.165, 1.54) is 4.90 Å². The Kier molecular flexibility index (Phi) is 6.30. The van der Waals surface area contributed by atoms with Crippen molar-refractivity contribution in [2.75, 3.05) is 11.5 Å². The van der Waals surface area contributed by atoms with Gasteiger partial charge in [0.1, 0.15) is 12.4 Å². The Labute approximate surface area is 210 Å². The summed E-state index contributed by atoms with van der Waals surface area (Å²) in [5, 5.41) is 0.704. The first-order valence-electron chi connectivity index (χ1n) is 10.8. The zero-order chi connectivity index (χ0) is 23.7. The van der Waals surface area contributed by atoms with Gasteiger partial charge in [0.15, 0.2) is 0 Å². The largest absolute Gasteiger partial charge is 0.491 e. The Morgan fingerprint density at radius 1 is 1.00 bits per heavy atom. The van der Waals surface area contributed by atoms with E-state index in [0.717, 1.165) is 44.0 Å². The number of amides is 2. The van der Waals surface area contributed by atoms with Gasteiger partial charge in [-0.3, -0.25) is 9.59 Å². The number of benzene rings is 3. The molecule has 1 fully saturated rings. The first-order chi connectivity index (χ1) is 16.5. The van der Waals surface area contributed by atoms with Gasteiger partial charge in [0.2, 0.25) is 0 Å². The molecule has 2 heterocycles. The van der Waals surface area contributed by atoms with Crippen LogP contribution in [0, 0.1) is 6.92 Å². The van der Waals surface area contributed by atoms with E-state index in [2.05, 4.69) is 20.5 Å². The SMILES string of the molecule is Cc1ccccc1OCCn1cc(/C=C2\SC(=O)N(c3ccccc3)C2=O)c2cc(Br)ccc21. The highest BCUT2D eigenvalue weighted by molar-refractivity contribution is 9.10. The summed E-state index contributed by atoms with van der Waals surface area (Å²) in [5.74, 6) is 0.566. The fraction of sp³-hybridized carbons (Fsp3) is 0.111. The summed E-state index contributed by atoms with van der Waals surface area (Å²) >= 11 is 4.52. The van der Waals surface area contributed by atoms with Crippen molar-refractivity contribution < 1.29 is 14.3 Å². The van der Waals surface area contributed by atoms with Crippen LogP contribution in [0.5, 0.6) is 5.75 Å². The Bertz CT molecular complexity index is 1430. The van der Waals surface area contributed by atoms with E-state index < -0.39 is 0 Å². The summed E-state index contributed by atoms with van der Waals surface area (Å²) in [5.41, 5.74) is 3.58. The monoisotopic (exact) mass is 532 g/mol. The fourth-order valence-electron chi connectivity index (χ4n) is 3.98. The number of hydrogen-bond acceptors (Lipinski definition) is 4. The fourth-order valence-corrected chi connectivity index (χ4v) is 5.17. The van der Waals surface area contributed by atoms with Crippen molar-refractivity contribution in [2.24, 2.45) is 0 Å². The van der Waals surface area contributed by atoms with E-state index in [1.807, 2.05) is 73.8 Å². The Morgan fingerprint density at radius 3 is 2.56 bits per heavy atom. The minimum atomic E-state index is -0.306. The highest BCUT2D eigenvalue weighted by Crippen LogP contribution is 2.37. The summed E-state index contributed by atoms with van der Waals surface area (Å²) in [6.45, 7) is 3.18. The Hall–Kier alpha value is -3.29. The van der Waals surface area contributed by atoms with Crippen molar-refractivity contribution in [3.05, 3.63) is 99.5 Å². The molecule has 3 aromatic carbocycles. The molecule has 1 saturated heterocycles. The van der Waals surface area contributed by atoms with Crippen LogP contribution in [-0.4, -0.2) is 22.3 Å². The Balaban J connectivity index is 1.44. The summed E-state index contributed by atoms with van der Waals surface area (Å²) in [6, 6.07) is 23.0. The number of ether oxygens (including phenoxy) is 1. The molecule has 0 unspecified atom stereocenters. The van der Waals surface area contributed by atoms with Crippen molar-refractivity contribution in [1.82, 2.24) is 4.57 Å². The molecular weight excluding hydrogens is 512 g/mol. The number of thioether (sulfide) groups is 1. The molecule has 0 bridgehead atoms. The molecule has 7 heteroatoms. The van der Waals surface area contributed by atoms with E-state index in [-0.39, 0.29) is 11.1 Å². The van der Waals surface area contributed by atoms with Gasteiger partial charge < -0.3 is 9.30 Å². The molecule has 0 spiro atoms. The predicted molar refractivity (Wildman–Crippen MR) is 141 cm³/mol. The maximum atomic E-state index is 13.1. The first kappa shape index (κ1) is 22.5. The number of imide groups is 1. The van der Waals surface area contributed by atoms with Crippen LogP contribution in [-0.2, 0) is 11.3 Å². The van der Waals surface area contributed by atoms with Crippen LogP contribution in [0.4, 0.5) is 10.5 Å². The number of carbonyl (C=O) groups excluding carboxylic acids is 2. The van der Waals surface area contributed by atoms with Crippen molar-refractivity contribution in [3.8, 4) is 5.75 Å². The topological polar surface area (TPSA) is 51.5 Å². The molecule has 0 saturated carbocycles. The van der Waals surface area contributed by atoms with Gasteiger partial charge in [0, 0.05) is 27.1 Å². The zero-order valence-electron chi connectivity index (χ0n) is 18.4. The van der Waals surface area contributed by atoms with Crippen molar-refractivity contribution in [3.63, 3.8) is 0 Å². The highest BCUT2D eigenvalue weighted by atomic mass is 79.9. The van der Waals surface area contributed by atoms with Gasteiger partial charge in [0.25, 0.3) is 11.1 Å². The number of rotatable bonds is 6. The number of aryl methyl sites for hydroxylation is 1. The summed E-state index contributed by atoms with van der Waals surface area (Å²) in [6.07, 6.45) is 3.82. The zero-order valence-corrected chi connectivity index (χ0v) is 20.8. The van der Waals surface area contributed by atoms with Crippen LogP contribution in [0.15, 0.2) is 88.4 Å². The van der Waals surface area contributed by atoms with Gasteiger partial charge in [-0.1, -0.05) is 52.3 Å². The van der Waals surface area contributed by atoms with Crippen LogP contribution >= 0.6 is 27.7 Å². The number of nitrogens with zero attached hydrogens (tertiary/aromatic N) is 2. The number of para-hydroxylation sites is 2. The molecule has 170 valence electrons. The molecule has 5 rings (SSSR count). The lowest BCUT2D eigenvalue weighted by atomic mass is 10.1. The molecule has 1 aliphatic heterocycles. The lowest BCUT2D eigenvalue weighted by Gasteiger charge is -2.11. The number of anilines is 1. The van der Waals surface area contributed by atoms with Crippen molar-refractivity contribution in [1.29, 1.82) is 0 Å². The molecular formula is C27H21BrN2O3S. The second-order valence-corrected chi connectivity index (χ2v) is 9.81. The average Bonchev–Trinajstić information content (AvgIpc) is 3.31. The van der Waals surface area contributed by atoms with E-state index in [4.69, 9.17) is 4.74 Å². The maximum absolute atomic E-state index is 13.1. The highest BCUT2D eigenvalue weighted by Gasteiger charge is 2.36. The van der Waals surface area contributed by atoms with Crippen LogP contribution in [0.2, 0.25) is 0 Å². The number of fused-ring (bicyclic) bond motifs is 1. The molecule has 5 nitrogen and oxygen atoms in total. The summed E-state index contributed by atoms with van der Waals surface area (Å²) < 4.78 is 9.06. The molecule has 1 aliphatic rings. The van der Waals surface area contributed by atoms with Gasteiger partial charge >= 0.3 is 0 Å². The number of carbonyl (C=O) groups is 2. The van der Waals surface area contributed by atoms with Gasteiger partial charge in [-0.2, -0.15) is 0 Å². The van der Waals surface area contributed by atoms with Crippen LogP contribution in [0.3, 0.4) is 0 Å². The number of halogens is 1. The molecule has 0 atom stereocenters. The molecule has 0 aliphatic carbocycles. The molecule has 34 heavy (non-hydrogen) atoms. The quantitative estimate of drug-likeness (QED) is 0.250. The van der Waals surface area contributed by atoms with Gasteiger partial charge in [0.05, 0.1) is 17.1 Å². The predicted octanol–water partition coefficient (Wildman–Crippen LogP) is 7.03. The molecule has 0 N–H and O–H groups in total. The third kappa shape index (κ3) is 4.41. The Morgan fingerprint density at radius 2 is 1.76 bits per heavy atom. The summed E-state index contributed by atoms with van der Waals surface area (Å²) in [4.78, 5) is 27.3. The first-order valence-corrected chi connectivity index (χ1v) is 12.4. The van der Waals surface area contributed by atoms with E-state index in [9.17, 15) is 9.59 Å². The van der Waals surface area contributed by atoms with Gasteiger partial charge in [-0.05, 0) is 66.7 Å². The second-order valence-electron chi connectivity index (χ2n) is 7.91. The van der Waals surface area contributed by atoms with E-state index >= 15 is 0 Å². The molecule has 0 radical (unpaired) electrons. The summed E-state index contributed by atoms with van der Waals surface area (Å²) in [7, 11) is 0. The second kappa shape index (κ2) is 9.52. The number of hydrogen-bond donors (Lipinski definition) is 0. The third-order valence-electron chi connectivity index (χ3n) is 5.65. The van der Waals surface area contributed by atoms with Gasteiger partial charge in [-0.25, -0.2) is 4.90 Å². The van der Waals surface area contributed by atoms with E-state index in [0.29, 0.717) is 23.7 Å². The van der Waals surface area contributed by atoms with Gasteiger partial charge in [-0.15, -0.1) is 0 Å². The van der Waals surface area contributed by atoms with E-state index in [1.54, 1.807) is 18.2 Å². The standard InChI is InChI=1S/C27H21BrN2O3S/c1-18-7-5-6-10-24(18)33-14-13-29-17-19(22-16-20(28)11-12-23(22)29)15-25-26(31)30(27(32)34-25)21-8-3-2-4-9-21/h2-12,15-17H,13-14H2,1H3/b25-15-. The lowest BCUT2D eigenvalue weighted by Crippen LogP contribution is -2.27. The minimum Gasteiger partial charge on any atom is -0.491 e.